The van der Waals surface area contributed by atoms with E-state index < -0.39 is 0 Å². The number of nitrogens with one attached hydrogen (secondary N) is 1. The molecule has 1 fully saturated rings. The van der Waals surface area contributed by atoms with Gasteiger partial charge in [-0.3, -0.25) is 0 Å². The Morgan fingerprint density at radius 1 is 1.47 bits per heavy atom. The fourth-order valence-corrected chi connectivity index (χ4v) is 2.43. The third kappa shape index (κ3) is 3.46. The predicted molar refractivity (Wildman–Crippen MR) is 73.4 cm³/mol. The van der Waals surface area contributed by atoms with Gasteiger partial charge < -0.3 is 10.2 Å². The van der Waals surface area contributed by atoms with Crippen LogP contribution in [0.1, 0.15) is 37.3 Å². The van der Waals surface area contributed by atoms with E-state index in [9.17, 15) is 9.18 Å². The van der Waals surface area contributed by atoms with E-state index in [1.807, 2.05) is 11.0 Å². The van der Waals surface area contributed by atoms with Gasteiger partial charge >= 0.3 is 6.03 Å². The highest BCUT2D eigenvalue weighted by molar-refractivity contribution is 5.74. The van der Waals surface area contributed by atoms with Crippen LogP contribution in [-0.4, -0.2) is 23.5 Å². The van der Waals surface area contributed by atoms with Crippen LogP contribution in [-0.2, 0) is 6.54 Å². The Balaban J connectivity index is 1.90. The zero-order chi connectivity index (χ0) is 13.8. The first-order chi connectivity index (χ1) is 9.08. The molecule has 3 nitrogen and oxygen atoms in total. The van der Waals surface area contributed by atoms with Crippen molar-refractivity contribution < 1.29 is 9.18 Å². The van der Waals surface area contributed by atoms with Gasteiger partial charge in [-0.1, -0.05) is 12.1 Å². The molecule has 1 heterocycles. The number of likely N-dealkylation sites (tertiary alicyclic amines) is 1. The lowest BCUT2D eigenvalue weighted by atomic mass is 10.0. The number of urea groups is 1. The summed E-state index contributed by atoms with van der Waals surface area (Å²) in [4.78, 5) is 13.9. The normalized spacial score (nSPS) is 19.3. The van der Waals surface area contributed by atoms with Crippen LogP contribution in [0.4, 0.5) is 9.18 Å². The molecule has 1 N–H and O–H groups in total. The largest absolute Gasteiger partial charge is 0.334 e. The monoisotopic (exact) mass is 264 g/mol. The summed E-state index contributed by atoms with van der Waals surface area (Å²) in [6.07, 6.45) is 3.32. The maximum Gasteiger partial charge on any atom is 0.317 e. The molecule has 1 atom stereocenters. The molecule has 1 aliphatic heterocycles. The van der Waals surface area contributed by atoms with Crippen molar-refractivity contribution >= 4 is 6.03 Å². The summed E-state index contributed by atoms with van der Waals surface area (Å²) in [5.41, 5.74) is 1.42. The molecule has 1 aliphatic rings. The fraction of sp³-hybridized carbons (Fsp3) is 0.533. The van der Waals surface area contributed by atoms with E-state index in [1.165, 1.54) is 12.5 Å². The van der Waals surface area contributed by atoms with Crippen LogP contribution >= 0.6 is 0 Å². The number of aryl methyl sites for hydroxylation is 1. The maximum absolute atomic E-state index is 13.4. The van der Waals surface area contributed by atoms with Gasteiger partial charge in [0.1, 0.15) is 5.82 Å². The highest BCUT2D eigenvalue weighted by atomic mass is 19.1. The molecule has 0 aromatic heterocycles. The molecule has 1 saturated heterocycles. The second kappa shape index (κ2) is 6.04. The van der Waals surface area contributed by atoms with E-state index in [2.05, 4.69) is 12.2 Å². The first kappa shape index (κ1) is 13.8. The highest BCUT2D eigenvalue weighted by Crippen LogP contribution is 2.16. The van der Waals surface area contributed by atoms with E-state index in [4.69, 9.17) is 0 Å². The van der Waals surface area contributed by atoms with Crippen LogP contribution < -0.4 is 5.32 Å². The van der Waals surface area contributed by atoms with Crippen LogP contribution in [0.2, 0.25) is 0 Å². The van der Waals surface area contributed by atoms with Crippen molar-refractivity contribution in [2.75, 3.05) is 6.54 Å². The maximum atomic E-state index is 13.4. The minimum Gasteiger partial charge on any atom is -0.334 e. The number of hydrogen-bond acceptors (Lipinski definition) is 1. The minimum absolute atomic E-state index is 0.0480. The van der Waals surface area contributed by atoms with Crippen LogP contribution in [0.25, 0.3) is 0 Å². The molecule has 104 valence electrons. The molecule has 2 rings (SSSR count). The number of amides is 2. The van der Waals surface area contributed by atoms with E-state index in [-0.39, 0.29) is 11.8 Å². The van der Waals surface area contributed by atoms with Crippen molar-refractivity contribution in [2.24, 2.45) is 0 Å². The molecule has 0 aliphatic carbocycles. The van der Waals surface area contributed by atoms with E-state index in [1.54, 1.807) is 13.0 Å². The summed E-state index contributed by atoms with van der Waals surface area (Å²) in [6.45, 7) is 4.99. The van der Waals surface area contributed by atoms with Gasteiger partial charge in [0.05, 0.1) is 0 Å². The lowest BCUT2D eigenvalue weighted by Crippen LogP contribution is -2.47. The molecule has 0 saturated carbocycles. The summed E-state index contributed by atoms with van der Waals surface area (Å²) >= 11 is 0. The molecule has 1 aromatic carbocycles. The molecule has 0 unspecified atom stereocenters. The summed E-state index contributed by atoms with van der Waals surface area (Å²) < 4.78 is 13.4. The highest BCUT2D eigenvalue weighted by Gasteiger charge is 2.22. The van der Waals surface area contributed by atoms with E-state index >= 15 is 0 Å². The quantitative estimate of drug-likeness (QED) is 0.874. The Hall–Kier alpha value is -1.58. The molecule has 19 heavy (non-hydrogen) atoms. The molecule has 4 heteroatoms. The molecular weight excluding hydrogens is 243 g/mol. The number of halogens is 1. The first-order valence-electron chi connectivity index (χ1n) is 6.87. The summed E-state index contributed by atoms with van der Waals surface area (Å²) in [6, 6.07) is 5.31. The van der Waals surface area contributed by atoms with Crippen molar-refractivity contribution in [1.82, 2.24) is 10.2 Å². The van der Waals surface area contributed by atoms with Gasteiger partial charge in [0.15, 0.2) is 0 Å². The van der Waals surface area contributed by atoms with Gasteiger partial charge in [-0.2, -0.15) is 0 Å². The Labute approximate surface area is 113 Å². The minimum atomic E-state index is -0.224. The van der Waals surface area contributed by atoms with Gasteiger partial charge in [0, 0.05) is 19.1 Å². The zero-order valence-corrected chi connectivity index (χ0v) is 11.6. The fourth-order valence-electron chi connectivity index (χ4n) is 2.43. The third-order valence-corrected chi connectivity index (χ3v) is 3.74. The lowest BCUT2D eigenvalue weighted by molar-refractivity contribution is 0.158. The number of carbonyl (C=O) groups excluding carboxylic acids is 1. The summed E-state index contributed by atoms with van der Waals surface area (Å²) in [7, 11) is 0. The van der Waals surface area contributed by atoms with E-state index in [0.717, 1.165) is 24.9 Å². The van der Waals surface area contributed by atoms with Crippen LogP contribution in [0.3, 0.4) is 0 Å². The van der Waals surface area contributed by atoms with Crippen molar-refractivity contribution in [3.8, 4) is 0 Å². The van der Waals surface area contributed by atoms with Crippen molar-refractivity contribution in [2.45, 2.75) is 45.7 Å². The van der Waals surface area contributed by atoms with Crippen molar-refractivity contribution in [3.05, 3.63) is 35.1 Å². The number of carbonyl (C=O) groups is 1. The van der Waals surface area contributed by atoms with Crippen LogP contribution in [0.5, 0.6) is 0 Å². The smallest absolute Gasteiger partial charge is 0.317 e. The van der Waals surface area contributed by atoms with Gasteiger partial charge in [-0.25, -0.2) is 9.18 Å². The number of rotatable bonds is 2. The van der Waals surface area contributed by atoms with Crippen molar-refractivity contribution in [3.63, 3.8) is 0 Å². The molecule has 0 radical (unpaired) electrons. The number of nitrogens with zero attached hydrogens (tertiary/aromatic N) is 1. The number of hydrogen-bond donors (Lipinski definition) is 1. The molecule has 0 spiro atoms. The van der Waals surface area contributed by atoms with Crippen molar-refractivity contribution in [1.29, 1.82) is 0 Å². The Kier molecular flexibility index (Phi) is 4.40. The van der Waals surface area contributed by atoms with Crippen LogP contribution in [0.15, 0.2) is 18.2 Å². The molecule has 1 aromatic rings. The summed E-state index contributed by atoms with van der Waals surface area (Å²) in [5, 5.41) is 2.87. The molecule has 0 bridgehead atoms. The third-order valence-electron chi connectivity index (χ3n) is 3.74. The lowest BCUT2D eigenvalue weighted by Gasteiger charge is -2.33. The average molecular weight is 264 g/mol. The van der Waals surface area contributed by atoms with Gasteiger partial charge in [0.25, 0.3) is 0 Å². The van der Waals surface area contributed by atoms with E-state index in [0.29, 0.717) is 18.2 Å². The second-order valence-electron chi connectivity index (χ2n) is 5.28. The molecule has 2 amide bonds. The Morgan fingerprint density at radius 2 is 2.26 bits per heavy atom. The topological polar surface area (TPSA) is 32.3 Å². The number of benzene rings is 1. The number of piperidine rings is 1. The second-order valence-corrected chi connectivity index (χ2v) is 5.28. The van der Waals surface area contributed by atoms with Gasteiger partial charge in [-0.15, -0.1) is 0 Å². The van der Waals surface area contributed by atoms with Gasteiger partial charge in [-0.05, 0) is 50.3 Å². The zero-order valence-electron chi connectivity index (χ0n) is 11.6. The van der Waals surface area contributed by atoms with Crippen LogP contribution in [0, 0.1) is 12.7 Å². The molecular formula is C15H21FN2O. The summed E-state index contributed by atoms with van der Waals surface area (Å²) in [5.74, 6) is -0.224. The standard InChI is InChI=1S/C15H21FN2O/c1-11-6-7-13(9-14(11)16)10-17-15(19)18-8-4-3-5-12(18)2/h6-7,9,12H,3-5,8,10H2,1-2H3,(H,17,19)/t12-/m1/s1. The average Bonchev–Trinajstić information content (AvgIpc) is 2.40. The SMILES string of the molecule is Cc1ccc(CNC(=O)N2CCCC[C@H]2C)cc1F. The van der Waals surface area contributed by atoms with Gasteiger partial charge in [0.2, 0.25) is 0 Å². The Bertz CT molecular complexity index is 461. The predicted octanol–water partition coefficient (Wildman–Crippen LogP) is 3.22. The first-order valence-corrected chi connectivity index (χ1v) is 6.87. The Morgan fingerprint density at radius 3 is 2.95 bits per heavy atom.